The molecular formula is C18H13F3N2O. The zero-order valence-electron chi connectivity index (χ0n) is 12.6. The van der Waals surface area contributed by atoms with Crippen LogP contribution < -0.4 is 5.32 Å². The number of carbonyl (C=O) groups excluding carboxylic acids is 1. The molecule has 2 heterocycles. The highest BCUT2D eigenvalue weighted by molar-refractivity contribution is 6.03. The van der Waals surface area contributed by atoms with Crippen LogP contribution in [-0.2, 0) is 6.54 Å². The van der Waals surface area contributed by atoms with E-state index in [4.69, 9.17) is 0 Å². The third kappa shape index (κ3) is 2.26. The summed E-state index contributed by atoms with van der Waals surface area (Å²) >= 11 is 0. The normalized spacial score (nSPS) is 14.4. The minimum absolute atomic E-state index is 0.222. The number of aryl methyl sites for hydroxylation is 1. The van der Waals surface area contributed by atoms with Crippen LogP contribution in [0.4, 0.5) is 13.2 Å². The molecule has 0 fully saturated rings. The average Bonchev–Trinajstić information content (AvgIpc) is 2.82. The number of aromatic nitrogens is 1. The Morgan fingerprint density at radius 2 is 1.83 bits per heavy atom. The molecule has 1 aliphatic heterocycles. The first kappa shape index (κ1) is 14.8. The summed E-state index contributed by atoms with van der Waals surface area (Å²) in [6, 6.07) is 7.71. The Labute approximate surface area is 135 Å². The van der Waals surface area contributed by atoms with Gasteiger partial charge < -0.3 is 9.88 Å². The van der Waals surface area contributed by atoms with Crippen molar-refractivity contribution in [2.45, 2.75) is 13.0 Å². The molecule has 0 aliphatic carbocycles. The zero-order valence-corrected chi connectivity index (χ0v) is 12.6. The second-order valence-corrected chi connectivity index (χ2v) is 5.81. The first-order valence-electron chi connectivity index (χ1n) is 7.61. The van der Waals surface area contributed by atoms with Crippen LogP contribution in [0.2, 0.25) is 0 Å². The molecule has 0 spiro atoms. The number of carbonyl (C=O) groups is 1. The number of fused-ring (bicyclic) bond motifs is 3. The summed E-state index contributed by atoms with van der Waals surface area (Å²) < 4.78 is 42.7. The molecular weight excluding hydrogens is 317 g/mol. The second kappa shape index (κ2) is 5.40. The molecule has 0 unspecified atom stereocenters. The van der Waals surface area contributed by atoms with Crippen LogP contribution in [0.5, 0.6) is 0 Å². The van der Waals surface area contributed by atoms with Gasteiger partial charge in [-0.3, -0.25) is 4.79 Å². The number of nitrogens with one attached hydrogen (secondary N) is 1. The van der Waals surface area contributed by atoms with Crippen molar-refractivity contribution in [1.82, 2.24) is 9.88 Å². The van der Waals surface area contributed by atoms with Crippen LogP contribution >= 0.6 is 0 Å². The summed E-state index contributed by atoms with van der Waals surface area (Å²) in [5.74, 6) is -2.67. The van der Waals surface area contributed by atoms with Crippen LogP contribution in [0.25, 0.3) is 22.0 Å². The molecule has 3 nitrogen and oxygen atoms in total. The molecule has 0 saturated carbocycles. The van der Waals surface area contributed by atoms with E-state index in [9.17, 15) is 18.0 Å². The van der Waals surface area contributed by atoms with E-state index >= 15 is 0 Å². The van der Waals surface area contributed by atoms with Crippen LogP contribution in [0.1, 0.15) is 16.9 Å². The lowest BCUT2D eigenvalue weighted by Gasteiger charge is -2.11. The number of benzene rings is 2. The summed E-state index contributed by atoms with van der Waals surface area (Å²) in [5, 5.41) is 3.35. The van der Waals surface area contributed by atoms with E-state index in [1.165, 1.54) is 18.2 Å². The van der Waals surface area contributed by atoms with Crippen LogP contribution in [-0.4, -0.2) is 17.0 Å². The molecule has 0 bridgehead atoms. The zero-order chi connectivity index (χ0) is 16.8. The highest BCUT2D eigenvalue weighted by Crippen LogP contribution is 2.33. The quantitative estimate of drug-likeness (QED) is 0.722. The van der Waals surface area contributed by atoms with E-state index in [1.54, 1.807) is 6.07 Å². The molecule has 1 aliphatic rings. The van der Waals surface area contributed by atoms with Crippen molar-refractivity contribution in [2.75, 3.05) is 6.54 Å². The Hall–Kier alpha value is -2.76. The fourth-order valence-electron chi connectivity index (χ4n) is 3.21. The van der Waals surface area contributed by atoms with Gasteiger partial charge in [-0.1, -0.05) is 6.07 Å². The van der Waals surface area contributed by atoms with Crippen LogP contribution in [0.3, 0.4) is 0 Å². The number of nitrogens with zero attached hydrogens (tertiary/aromatic N) is 1. The smallest absolute Gasteiger partial charge is 0.267 e. The van der Waals surface area contributed by atoms with Gasteiger partial charge in [0.2, 0.25) is 0 Å². The minimum Gasteiger partial charge on any atom is -0.351 e. The Kier molecular flexibility index (Phi) is 3.33. The summed E-state index contributed by atoms with van der Waals surface area (Å²) in [7, 11) is 0. The van der Waals surface area contributed by atoms with Gasteiger partial charge in [0.1, 0.15) is 11.5 Å². The van der Waals surface area contributed by atoms with E-state index in [0.29, 0.717) is 40.8 Å². The van der Waals surface area contributed by atoms with Gasteiger partial charge in [-0.05, 0) is 42.3 Å². The third-order valence-corrected chi connectivity index (χ3v) is 4.26. The van der Waals surface area contributed by atoms with Crippen molar-refractivity contribution >= 4 is 16.8 Å². The van der Waals surface area contributed by atoms with Crippen molar-refractivity contribution in [3.8, 4) is 11.1 Å². The average molecular weight is 330 g/mol. The second-order valence-electron chi connectivity index (χ2n) is 5.81. The molecule has 0 radical (unpaired) electrons. The maximum atomic E-state index is 14.0. The fourth-order valence-corrected chi connectivity index (χ4v) is 3.21. The Morgan fingerprint density at radius 1 is 1.00 bits per heavy atom. The summed E-state index contributed by atoms with van der Waals surface area (Å²) in [5.41, 5.74) is 1.89. The maximum absolute atomic E-state index is 14.0. The Morgan fingerprint density at radius 3 is 2.62 bits per heavy atom. The summed E-state index contributed by atoms with van der Waals surface area (Å²) in [6.07, 6.45) is 0.733. The lowest BCUT2D eigenvalue weighted by Crippen LogP contribution is -2.22. The molecule has 6 heteroatoms. The first-order chi connectivity index (χ1) is 11.5. The molecule has 24 heavy (non-hydrogen) atoms. The molecule has 3 aromatic rings. The highest BCUT2D eigenvalue weighted by Gasteiger charge is 2.21. The standard InChI is InChI=1S/C18H13F3N2O/c19-12-6-11-8-16-18(24)22-4-1-5-23(16)17(11)13(9-12)10-2-3-14(20)15(21)7-10/h2-3,6-9H,1,4-5H2,(H,22,24). The predicted molar refractivity (Wildman–Crippen MR) is 84.2 cm³/mol. The number of amides is 1. The molecule has 1 amide bonds. The SMILES string of the molecule is O=C1NCCCn2c1cc1cc(F)cc(-c3ccc(F)c(F)c3)c12. The third-order valence-electron chi connectivity index (χ3n) is 4.26. The van der Waals surface area contributed by atoms with E-state index in [2.05, 4.69) is 5.32 Å². The predicted octanol–water partition coefficient (Wildman–Crippen LogP) is 3.86. The van der Waals surface area contributed by atoms with Gasteiger partial charge >= 0.3 is 0 Å². The number of hydrogen-bond donors (Lipinski definition) is 1. The van der Waals surface area contributed by atoms with Gasteiger partial charge in [-0.2, -0.15) is 0 Å². The van der Waals surface area contributed by atoms with Gasteiger partial charge in [0, 0.05) is 24.0 Å². The van der Waals surface area contributed by atoms with E-state index in [0.717, 1.165) is 18.6 Å². The van der Waals surface area contributed by atoms with Crippen molar-refractivity contribution < 1.29 is 18.0 Å². The molecule has 2 aromatic carbocycles. The van der Waals surface area contributed by atoms with E-state index in [1.807, 2.05) is 4.57 Å². The van der Waals surface area contributed by atoms with E-state index < -0.39 is 17.5 Å². The molecule has 4 rings (SSSR count). The van der Waals surface area contributed by atoms with Crippen LogP contribution in [0, 0.1) is 17.5 Å². The fraction of sp³-hybridized carbons (Fsp3) is 0.167. The van der Waals surface area contributed by atoms with Gasteiger partial charge in [-0.15, -0.1) is 0 Å². The lowest BCUT2D eigenvalue weighted by atomic mass is 10.0. The van der Waals surface area contributed by atoms with Gasteiger partial charge in [-0.25, -0.2) is 13.2 Å². The van der Waals surface area contributed by atoms with E-state index in [-0.39, 0.29) is 5.91 Å². The molecule has 122 valence electrons. The van der Waals surface area contributed by atoms with Crippen LogP contribution in [0.15, 0.2) is 36.4 Å². The van der Waals surface area contributed by atoms with Crippen molar-refractivity contribution in [1.29, 1.82) is 0 Å². The largest absolute Gasteiger partial charge is 0.351 e. The summed E-state index contributed by atoms with van der Waals surface area (Å²) in [6.45, 7) is 1.14. The Bertz CT molecular complexity index is 978. The number of rotatable bonds is 1. The molecule has 1 N–H and O–H groups in total. The Balaban J connectivity index is 2.04. The molecule has 1 aromatic heterocycles. The lowest BCUT2D eigenvalue weighted by molar-refractivity contribution is 0.0951. The summed E-state index contributed by atoms with van der Waals surface area (Å²) in [4.78, 5) is 12.2. The van der Waals surface area contributed by atoms with Gasteiger partial charge in [0.05, 0.1) is 5.52 Å². The number of halogens is 3. The van der Waals surface area contributed by atoms with Crippen molar-refractivity contribution in [3.05, 3.63) is 59.5 Å². The molecule has 0 atom stereocenters. The topological polar surface area (TPSA) is 34.0 Å². The molecule has 0 saturated heterocycles. The highest BCUT2D eigenvalue weighted by atomic mass is 19.2. The first-order valence-corrected chi connectivity index (χ1v) is 7.61. The number of hydrogen-bond acceptors (Lipinski definition) is 1. The van der Waals surface area contributed by atoms with Gasteiger partial charge in [0.15, 0.2) is 11.6 Å². The minimum atomic E-state index is -0.995. The monoisotopic (exact) mass is 330 g/mol. The van der Waals surface area contributed by atoms with Gasteiger partial charge in [0.25, 0.3) is 5.91 Å². The van der Waals surface area contributed by atoms with Crippen molar-refractivity contribution in [3.63, 3.8) is 0 Å². The maximum Gasteiger partial charge on any atom is 0.267 e. The van der Waals surface area contributed by atoms with Crippen molar-refractivity contribution in [2.24, 2.45) is 0 Å².